The van der Waals surface area contributed by atoms with Gasteiger partial charge in [0.2, 0.25) is 0 Å². The molecule has 0 saturated heterocycles. The van der Waals surface area contributed by atoms with Crippen molar-refractivity contribution in [2.75, 3.05) is 6.54 Å². The normalized spacial score (nSPS) is 12.0. The molecule has 0 bridgehead atoms. The molecule has 0 aromatic heterocycles. The van der Waals surface area contributed by atoms with Crippen molar-refractivity contribution in [1.29, 1.82) is 0 Å². The molecule has 142 valence electrons. The molecule has 0 heterocycles. The first-order valence-electron chi connectivity index (χ1n) is 10.3. The number of aromatic hydroxyl groups is 1. The van der Waals surface area contributed by atoms with Gasteiger partial charge in [-0.15, -0.1) is 0 Å². The number of hydrogen-bond acceptors (Lipinski definition) is 2. The Morgan fingerprint density at radius 1 is 0.840 bits per heavy atom. The van der Waals surface area contributed by atoms with Crippen molar-refractivity contribution in [3.05, 3.63) is 28.8 Å². The van der Waals surface area contributed by atoms with Gasteiger partial charge in [-0.1, -0.05) is 79.6 Å². The Morgan fingerprint density at radius 2 is 1.32 bits per heavy atom. The number of nitrogens with zero attached hydrogens (tertiary/aromatic N) is 1. The van der Waals surface area contributed by atoms with E-state index in [4.69, 9.17) is 0 Å². The maximum absolute atomic E-state index is 10.5. The third kappa shape index (κ3) is 8.07. The summed E-state index contributed by atoms with van der Waals surface area (Å²) in [6, 6.07) is 4.17. The van der Waals surface area contributed by atoms with E-state index in [1.165, 1.54) is 51.4 Å². The highest BCUT2D eigenvalue weighted by atomic mass is 16.3. The molecule has 1 aromatic rings. The molecule has 0 amide bonds. The quantitative estimate of drug-likeness (QED) is 0.315. The predicted molar refractivity (Wildman–Crippen MR) is 111 cm³/mol. The van der Waals surface area contributed by atoms with E-state index in [0.717, 1.165) is 23.2 Å². The fourth-order valence-corrected chi connectivity index (χ4v) is 3.17. The highest BCUT2D eigenvalue weighted by molar-refractivity contribution is 5.81. The average molecular weight is 346 g/mol. The minimum Gasteiger partial charge on any atom is -0.507 e. The zero-order valence-corrected chi connectivity index (χ0v) is 17.1. The summed E-state index contributed by atoms with van der Waals surface area (Å²) in [6.45, 7) is 11.7. The Morgan fingerprint density at radius 3 is 1.80 bits per heavy atom. The summed E-state index contributed by atoms with van der Waals surface area (Å²) in [5.74, 6) is 1.10. The molecule has 0 saturated carbocycles. The molecule has 0 aliphatic carbocycles. The molecule has 1 rings (SSSR count). The van der Waals surface area contributed by atoms with Gasteiger partial charge in [0, 0.05) is 12.8 Å². The third-order valence-corrected chi connectivity index (χ3v) is 4.82. The van der Waals surface area contributed by atoms with Gasteiger partial charge in [0.15, 0.2) is 0 Å². The van der Waals surface area contributed by atoms with E-state index in [1.807, 2.05) is 6.21 Å². The molecular weight excluding hydrogens is 306 g/mol. The lowest BCUT2D eigenvalue weighted by Crippen LogP contribution is -1.98. The van der Waals surface area contributed by atoms with Crippen molar-refractivity contribution in [3.63, 3.8) is 0 Å². The number of hydrogen-bond donors (Lipinski definition) is 1. The largest absolute Gasteiger partial charge is 0.507 e. The smallest absolute Gasteiger partial charge is 0.122 e. The van der Waals surface area contributed by atoms with Crippen LogP contribution in [0.1, 0.15) is 115 Å². The van der Waals surface area contributed by atoms with Crippen molar-refractivity contribution in [2.24, 2.45) is 4.99 Å². The lowest BCUT2D eigenvalue weighted by Gasteiger charge is -2.16. The summed E-state index contributed by atoms with van der Waals surface area (Å²) in [4.78, 5) is 4.61. The molecule has 25 heavy (non-hydrogen) atoms. The summed E-state index contributed by atoms with van der Waals surface area (Å²) in [5.41, 5.74) is 3.17. The molecule has 0 radical (unpaired) electrons. The highest BCUT2D eigenvalue weighted by Gasteiger charge is 2.14. The summed E-state index contributed by atoms with van der Waals surface area (Å²) >= 11 is 0. The van der Waals surface area contributed by atoms with Crippen LogP contribution in [0.15, 0.2) is 17.1 Å². The summed E-state index contributed by atoms with van der Waals surface area (Å²) in [5, 5.41) is 10.5. The fraction of sp³-hybridized carbons (Fsp3) is 0.696. The summed E-state index contributed by atoms with van der Waals surface area (Å²) < 4.78 is 0. The molecule has 2 nitrogen and oxygen atoms in total. The Labute approximate surface area is 155 Å². The van der Waals surface area contributed by atoms with Gasteiger partial charge >= 0.3 is 0 Å². The highest BCUT2D eigenvalue weighted by Crippen LogP contribution is 2.34. The van der Waals surface area contributed by atoms with Crippen molar-refractivity contribution in [1.82, 2.24) is 0 Å². The molecule has 0 aliphatic heterocycles. The molecule has 0 spiro atoms. The first kappa shape index (κ1) is 21.7. The van der Waals surface area contributed by atoms with Crippen molar-refractivity contribution in [2.45, 2.75) is 97.8 Å². The number of rotatable bonds is 12. The average Bonchev–Trinajstić information content (AvgIpc) is 2.57. The number of aliphatic imine (C=N–C) groups is 1. The summed E-state index contributed by atoms with van der Waals surface area (Å²) in [7, 11) is 0. The Bertz CT molecular complexity index is 488. The van der Waals surface area contributed by atoms with Crippen LogP contribution in [0.5, 0.6) is 5.75 Å². The van der Waals surface area contributed by atoms with Crippen LogP contribution in [-0.2, 0) is 0 Å². The molecular formula is C23H39NO. The zero-order valence-electron chi connectivity index (χ0n) is 17.1. The second kappa shape index (κ2) is 12.1. The first-order valence-corrected chi connectivity index (χ1v) is 10.3. The van der Waals surface area contributed by atoms with E-state index in [-0.39, 0.29) is 0 Å². The topological polar surface area (TPSA) is 32.6 Å². The first-order chi connectivity index (χ1) is 12.0. The van der Waals surface area contributed by atoms with Crippen LogP contribution >= 0.6 is 0 Å². The minimum atomic E-state index is 0.318. The minimum absolute atomic E-state index is 0.318. The maximum atomic E-state index is 10.5. The maximum Gasteiger partial charge on any atom is 0.122 e. The lowest BCUT2D eigenvalue weighted by atomic mass is 9.92. The SMILES string of the molecule is CCCCCCCCCCN=Cc1cc(C(C)C)c(O)c(C(C)C)c1. The van der Waals surface area contributed by atoms with Crippen LogP contribution in [0, 0.1) is 0 Å². The van der Waals surface area contributed by atoms with Gasteiger partial charge in [-0.05, 0) is 47.1 Å². The van der Waals surface area contributed by atoms with Gasteiger partial charge in [-0.3, -0.25) is 4.99 Å². The standard InChI is InChI=1S/C23H39NO/c1-6-7-8-9-10-11-12-13-14-24-17-20-15-21(18(2)3)23(25)22(16-20)19(4)5/h15-19,25H,6-14H2,1-5H3. The molecule has 0 aliphatic rings. The number of phenolic OH excluding ortho intramolecular Hbond substituents is 1. The number of benzene rings is 1. The van der Waals surface area contributed by atoms with Gasteiger partial charge in [-0.25, -0.2) is 0 Å². The van der Waals surface area contributed by atoms with Crippen molar-refractivity contribution in [3.8, 4) is 5.75 Å². The van der Waals surface area contributed by atoms with E-state index < -0.39 is 0 Å². The monoisotopic (exact) mass is 345 g/mol. The van der Waals surface area contributed by atoms with E-state index in [2.05, 4.69) is 51.7 Å². The van der Waals surface area contributed by atoms with Gasteiger partial charge < -0.3 is 5.11 Å². The van der Waals surface area contributed by atoms with Gasteiger partial charge in [0.25, 0.3) is 0 Å². The number of phenols is 1. The van der Waals surface area contributed by atoms with E-state index in [1.54, 1.807) is 0 Å². The molecule has 2 heteroatoms. The zero-order chi connectivity index (χ0) is 18.7. The van der Waals surface area contributed by atoms with E-state index in [9.17, 15) is 5.11 Å². The third-order valence-electron chi connectivity index (χ3n) is 4.82. The second-order valence-electron chi connectivity index (χ2n) is 7.87. The number of unbranched alkanes of at least 4 members (excludes halogenated alkanes) is 7. The van der Waals surface area contributed by atoms with Crippen molar-refractivity contribution < 1.29 is 5.11 Å². The Hall–Kier alpha value is -1.31. The van der Waals surface area contributed by atoms with E-state index in [0.29, 0.717) is 17.6 Å². The Kier molecular flexibility index (Phi) is 10.5. The Balaban J connectivity index is 2.46. The molecule has 1 N–H and O–H groups in total. The van der Waals surface area contributed by atoms with E-state index >= 15 is 0 Å². The van der Waals surface area contributed by atoms with Gasteiger partial charge in [0.05, 0.1) is 0 Å². The van der Waals surface area contributed by atoms with Crippen molar-refractivity contribution >= 4 is 6.21 Å². The van der Waals surface area contributed by atoms with Crippen LogP contribution < -0.4 is 0 Å². The van der Waals surface area contributed by atoms with Crippen LogP contribution in [0.4, 0.5) is 0 Å². The molecule has 0 fully saturated rings. The molecule has 1 aromatic carbocycles. The summed E-state index contributed by atoms with van der Waals surface area (Å²) in [6.07, 6.45) is 12.6. The van der Waals surface area contributed by atoms with Crippen LogP contribution in [0.3, 0.4) is 0 Å². The fourth-order valence-electron chi connectivity index (χ4n) is 3.17. The van der Waals surface area contributed by atoms with Crippen LogP contribution in [0.2, 0.25) is 0 Å². The molecule has 0 atom stereocenters. The van der Waals surface area contributed by atoms with Crippen LogP contribution in [-0.4, -0.2) is 17.9 Å². The predicted octanol–water partition coefficient (Wildman–Crippen LogP) is 7.20. The van der Waals surface area contributed by atoms with Gasteiger partial charge in [-0.2, -0.15) is 0 Å². The lowest BCUT2D eigenvalue weighted by molar-refractivity contribution is 0.454. The second-order valence-corrected chi connectivity index (χ2v) is 7.87. The van der Waals surface area contributed by atoms with Gasteiger partial charge in [0.1, 0.15) is 5.75 Å². The molecule has 0 unspecified atom stereocenters. The van der Waals surface area contributed by atoms with Crippen LogP contribution in [0.25, 0.3) is 0 Å².